The maximum atomic E-state index is 13.2. The molecule has 0 aliphatic carbocycles. The molecule has 3 rings (SSSR count). The second-order valence-electron chi connectivity index (χ2n) is 6.73. The lowest BCUT2D eigenvalue weighted by atomic mass is 9.98. The Balaban J connectivity index is 1.71. The highest BCUT2D eigenvalue weighted by Gasteiger charge is 2.22. The van der Waals surface area contributed by atoms with Crippen LogP contribution in [0, 0.1) is 11.7 Å². The maximum absolute atomic E-state index is 13.2. The summed E-state index contributed by atoms with van der Waals surface area (Å²) in [6.45, 7) is 3.65. The van der Waals surface area contributed by atoms with E-state index < -0.39 is 15.8 Å². The molecule has 0 unspecified atom stereocenters. The number of nitrogens with one attached hydrogen (secondary N) is 1. The Hall–Kier alpha value is -2.12. The van der Waals surface area contributed by atoms with E-state index in [1.54, 1.807) is 12.1 Å². The lowest BCUT2D eigenvalue weighted by molar-refractivity contribution is 0.0697. The monoisotopic (exact) mass is 410 g/mol. The van der Waals surface area contributed by atoms with Crippen LogP contribution in [0.4, 0.5) is 10.1 Å². The molecule has 0 bridgehead atoms. The van der Waals surface area contributed by atoms with Gasteiger partial charge in [-0.25, -0.2) is 12.8 Å². The summed E-state index contributed by atoms with van der Waals surface area (Å²) in [5.74, 6) is -0.113. The Morgan fingerprint density at radius 2 is 1.78 bits per heavy atom. The van der Waals surface area contributed by atoms with Crippen LogP contribution in [0.3, 0.4) is 0 Å². The molecule has 0 aromatic heterocycles. The zero-order valence-corrected chi connectivity index (χ0v) is 16.4. The van der Waals surface area contributed by atoms with Gasteiger partial charge in [-0.05, 0) is 61.2 Å². The standard InChI is InChI=1S/C19H20ClFN2O3S/c1-13-8-10-23(11-9-13)19(24)14-2-4-15(5-3-14)22-27(25,26)16-6-7-18(21)17(20)12-16/h2-7,12-13,22H,8-11H2,1H3. The van der Waals surface area contributed by atoms with E-state index in [-0.39, 0.29) is 15.8 Å². The van der Waals surface area contributed by atoms with E-state index in [1.165, 1.54) is 12.1 Å². The highest BCUT2D eigenvalue weighted by molar-refractivity contribution is 7.92. The minimum absolute atomic E-state index is 0.0541. The number of hydrogen-bond donors (Lipinski definition) is 1. The van der Waals surface area contributed by atoms with Gasteiger partial charge in [0.2, 0.25) is 0 Å². The summed E-state index contributed by atoms with van der Waals surface area (Å²) >= 11 is 5.65. The SMILES string of the molecule is CC1CCN(C(=O)c2ccc(NS(=O)(=O)c3ccc(F)c(Cl)c3)cc2)CC1. The lowest BCUT2D eigenvalue weighted by Gasteiger charge is -2.30. The van der Waals surface area contributed by atoms with Crippen LogP contribution < -0.4 is 4.72 Å². The summed E-state index contributed by atoms with van der Waals surface area (Å²) in [6, 6.07) is 9.43. The fraction of sp³-hybridized carbons (Fsp3) is 0.316. The van der Waals surface area contributed by atoms with E-state index >= 15 is 0 Å². The maximum Gasteiger partial charge on any atom is 0.261 e. The zero-order chi connectivity index (χ0) is 19.6. The van der Waals surface area contributed by atoms with Gasteiger partial charge in [-0.15, -0.1) is 0 Å². The molecule has 0 atom stereocenters. The van der Waals surface area contributed by atoms with Crippen molar-refractivity contribution >= 4 is 33.2 Å². The van der Waals surface area contributed by atoms with Crippen LogP contribution in [-0.4, -0.2) is 32.3 Å². The number of piperidine rings is 1. The van der Waals surface area contributed by atoms with Gasteiger partial charge in [0.25, 0.3) is 15.9 Å². The van der Waals surface area contributed by atoms with E-state index in [0.717, 1.165) is 44.1 Å². The Morgan fingerprint density at radius 3 is 2.37 bits per heavy atom. The minimum atomic E-state index is -3.91. The van der Waals surface area contributed by atoms with Crippen molar-refractivity contribution in [2.45, 2.75) is 24.7 Å². The second-order valence-corrected chi connectivity index (χ2v) is 8.82. The van der Waals surface area contributed by atoms with Gasteiger partial charge in [0.15, 0.2) is 0 Å². The number of hydrogen-bond acceptors (Lipinski definition) is 3. The molecule has 1 aliphatic heterocycles. The highest BCUT2D eigenvalue weighted by Crippen LogP contribution is 2.23. The molecule has 0 saturated carbocycles. The molecule has 0 radical (unpaired) electrons. The smallest absolute Gasteiger partial charge is 0.261 e. The van der Waals surface area contributed by atoms with Crippen molar-refractivity contribution in [3.63, 3.8) is 0 Å². The average molecular weight is 411 g/mol. The molecule has 0 spiro atoms. The number of benzene rings is 2. The third-order valence-electron chi connectivity index (χ3n) is 4.66. The molecule has 1 N–H and O–H groups in total. The van der Waals surface area contributed by atoms with Crippen molar-refractivity contribution in [3.05, 3.63) is 58.9 Å². The minimum Gasteiger partial charge on any atom is -0.339 e. The molecule has 27 heavy (non-hydrogen) atoms. The predicted molar refractivity (Wildman–Crippen MR) is 103 cm³/mol. The van der Waals surface area contributed by atoms with Crippen LogP contribution in [0.1, 0.15) is 30.1 Å². The Kier molecular flexibility index (Phi) is 5.72. The van der Waals surface area contributed by atoms with Gasteiger partial charge in [-0.1, -0.05) is 18.5 Å². The molecular weight excluding hydrogens is 391 g/mol. The number of carbonyl (C=O) groups is 1. The Bertz CT molecular complexity index is 940. The van der Waals surface area contributed by atoms with Crippen LogP contribution in [0.15, 0.2) is 47.4 Å². The normalized spacial score (nSPS) is 15.6. The fourth-order valence-corrected chi connectivity index (χ4v) is 4.26. The second kappa shape index (κ2) is 7.86. The number of sulfonamides is 1. The van der Waals surface area contributed by atoms with E-state index in [0.29, 0.717) is 17.2 Å². The molecule has 8 heteroatoms. The van der Waals surface area contributed by atoms with Crippen LogP contribution in [0.25, 0.3) is 0 Å². The molecule has 1 amide bonds. The number of anilines is 1. The number of nitrogens with zero attached hydrogens (tertiary/aromatic N) is 1. The van der Waals surface area contributed by atoms with Crippen molar-refractivity contribution in [3.8, 4) is 0 Å². The highest BCUT2D eigenvalue weighted by atomic mass is 35.5. The Labute approximate surface area is 163 Å². The third kappa shape index (κ3) is 4.59. The summed E-state index contributed by atoms with van der Waals surface area (Å²) in [7, 11) is -3.91. The first-order valence-corrected chi connectivity index (χ1v) is 10.5. The van der Waals surface area contributed by atoms with Crippen LogP contribution in [0.2, 0.25) is 5.02 Å². The van der Waals surface area contributed by atoms with Gasteiger partial charge in [0.05, 0.1) is 9.92 Å². The third-order valence-corrected chi connectivity index (χ3v) is 6.32. The molecule has 1 aliphatic rings. The quantitative estimate of drug-likeness (QED) is 0.823. The van der Waals surface area contributed by atoms with Crippen molar-refractivity contribution in [2.24, 2.45) is 5.92 Å². The fourth-order valence-electron chi connectivity index (χ4n) is 2.93. The molecule has 144 valence electrons. The number of amides is 1. The van der Waals surface area contributed by atoms with Gasteiger partial charge < -0.3 is 4.90 Å². The van der Waals surface area contributed by atoms with Crippen LogP contribution in [-0.2, 0) is 10.0 Å². The van der Waals surface area contributed by atoms with E-state index in [2.05, 4.69) is 11.6 Å². The lowest BCUT2D eigenvalue weighted by Crippen LogP contribution is -2.37. The number of halogens is 2. The molecule has 1 fully saturated rings. The molecule has 2 aromatic carbocycles. The predicted octanol–water partition coefficient (Wildman–Crippen LogP) is 4.15. The van der Waals surface area contributed by atoms with Crippen molar-refractivity contribution in [1.29, 1.82) is 0 Å². The Morgan fingerprint density at radius 1 is 1.15 bits per heavy atom. The first-order chi connectivity index (χ1) is 12.8. The summed E-state index contributed by atoms with van der Waals surface area (Å²) in [5, 5.41) is -0.269. The first-order valence-electron chi connectivity index (χ1n) is 8.63. The molecule has 1 heterocycles. The van der Waals surface area contributed by atoms with E-state index in [4.69, 9.17) is 11.6 Å². The van der Waals surface area contributed by atoms with E-state index in [1.807, 2.05) is 4.90 Å². The van der Waals surface area contributed by atoms with Crippen molar-refractivity contribution in [1.82, 2.24) is 4.90 Å². The van der Waals surface area contributed by atoms with Gasteiger partial charge in [-0.3, -0.25) is 9.52 Å². The molecule has 5 nitrogen and oxygen atoms in total. The number of rotatable bonds is 4. The molecular formula is C19H20ClFN2O3S. The summed E-state index contributed by atoms with van der Waals surface area (Å²) in [4.78, 5) is 14.2. The topological polar surface area (TPSA) is 66.5 Å². The van der Waals surface area contributed by atoms with E-state index in [9.17, 15) is 17.6 Å². The largest absolute Gasteiger partial charge is 0.339 e. The van der Waals surface area contributed by atoms with Gasteiger partial charge in [0.1, 0.15) is 5.82 Å². The van der Waals surface area contributed by atoms with Gasteiger partial charge in [0, 0.05) is 24.3 Å². The molecule has 2 aromatic rings. The summed E-state index contributed by atoms with van der Waals surface area (Å²) in [6.07, 6.45) is 1.98. The average Bonchev–Trinajstić information content (AvgIpc) is 2.64. The first kappa shape index (κ1) is 19.6. The summed E-state index contributed by atoms with van der Waals surface area (Å²) in [5.41, 5.74) is 0.816. The van der Waals surface area contributed by atoms with Crippen molar-refractivity contribution < 1.29 is 17.6 Å². The zero-order valence-electron chi connectivity index (χ0n) is 14.8. The summed E-state index contributed by atoms with van der Waals surface area (Å²) < 4.78 is 40.4. The molecule has 1 saturated heterocycles. The van der Waals surface area contributed by atoms with Gasteiger partial charge >= 0.3 is 0 Å². The number of carbonyl (C=O) groups excluding carboxylic acids is 1. The van der Waals surface area contributed by atoms with Gasteiger partial charge in [-0.2, -0.15) is 0 Å². The van der Waals surface area contributed by atoms with Crippen molar-refractivity contribution in [2.75, 3.05) is 17.8 Å². The van der Waals surface area contributed by atoms with Crippen LogP contribution in [0.5, 0.6) is 0 Å². The number of likely N-dealkylation sites (tertiary alicyclic amines) is 1. The van der Waals surface area contributed by atoms with Crippen LogP contribution >= 0.6 is 11.6 Å².